The van der Waals surface area contributed by atoms with Crippen LogP contribution in [0.2, 0.25) is 0 Å². The number of anilines is 1. The summed E-state index contributed by atoms with van der Waals surface area (Å²) in [5.74, 6) is 0. The molecule has 0 aliphatic carbocycles. The Morgan fingerprint density at radius 1 is 0.840 bits per heavy atom. The fraction of sp³-hybridized carbons (Fsp3) is 0.125. The predicted octanol–water partition coefficient (Wildman–Crippen LogP) is 2.70. The highest BCUT2D eigenvalue weighted by Crippen LogP contribution is 2.24. The van der Waals surface area contributed by atoms with E-state index < -0.39 is 20.2 Å². The molecule has 0 unspecified atom stereocenters. The fourth-order valence-corrected chi connectivity index (χ4v) is 3.71. The normalized spacial score (nSPS) is 12.5. The molecule has 0 amide bonds. The van der Waals surface area contributed by atoms with E-state index in [1.807, 2.05) is 0 Å². The van der Waals surface area contributed by atoms with Crippen LogP contribution < -0.4 is 5.32 Å². The number of hydrogen-bond acceptors (Lipinski definition) is 5. The van der Waals surface area contributed by atoms with Gasteiger partial charge in [-0.1, -0.05) is 30.4 Å². The molecule has 7 nitrogen and oxygen atoms in total. The quantitative estimate of drug-likeness (QED) is 0.536. The summed E-state index contributed by atoms with van der Waals surface area (Å²) in [7, 11) is -7.31. The third kappa shape index (κ3) is 4.67. The zero-order chi connectivity index (χ0) is 18.8. The fourth-order valence-electron chi connectivity index (χ4n) is 2.23. The van der Waals surface area contributed by atoms with Crippen LogP contribution in [0.1, 0.15) is 16.7 Å². The van der Waals surface area contributed by atoms with Gasteiger partial charge in [-0.25, -0.2) is 0 Å². The van der Waals surface area contributed by atoms with Crippen molar-refractivity contribution in [1.29, 1.82) is 0 Å². The van der Waals surface area contributed by atoms with E-state index in [-0.39, 0.29) is 20.9 Å². The van der Waals surface area contributed by atoms with Gasteiger partial charge in [-0.05, 0) is 41.8 Å². The van der Waals surface area contributed by atoms with Gasteiger partial charge in [0.05, 0.1) is 0 Å². The van der Waals surface area contributed by atoms with E-state index in [0.29, 0.717) is 11.3 Å². The smallest absolute Gasteiger partial charge is 0.295 e. The molecule has 2 aromatic carbocycles. The second-order valence-corrected chi connectivity index (χ2v) is 8.11. The highest BCUT2D eigenvalue weighted by Gasteiger charge is 2.16. The lowest BCUT2D eigenvalue weighted by atomic mass is 10.1. The predicted molar refractivity (Wildman–Crippen MR) is 95.7 cm³/mol. The minimum absolute atomic E-state index is 0.170. The SMILES string of the molecule is CNc1ccc(/C=C/c2ccc(C)cc2S(=O)(=O)O)c(S(=O)(=O)O)c1. The molecular weight excluding hydrogens is 366 g/mol. The summed E-state index contributed by atoms with van der Waals surface area (Å²) in [5.41, 5.74) is 1.48. The first kappa shape index (κ1) is 19.1. The van der Waals surface area contributed by atoms with Crippen LogP contribution in [0.5, 0.6) is 0 Å². The first-order valence-corrected chi connectivity index (χ1v) is 9.96. The van der Waals surface area contributed by atoms with Crippen LogP contribution in [0.4, 0.5) is 5.69 Å². The van der Waals surface area contributed by atoms with Gasteiger partial charge in [-0.15, -0.1) is 0 Å². The third-order valence-corrected chi connectivity index (χ3v) is 5.29. The van der Waals surface area contributed by atoms with Crippen LogP contribution in [0.25, 0.3) is 12.2 Å². The van der Waals surface area contributed by atoms with Crippen LogP contribution in [0, 0.1) is 6.92 Å². The standard InChI is InChI=1S/C16H17NO6S2/c1-11-3-4-12(15(9-11)24(18,19)20)5-6-13-7-8-14(17-2)10-16(13)25(21,22)23/h3-10,17H,1-2H3,(H,18,19,20)(H,21,22,23)/b6-5+. The summed E-state index contributed by atoms with van der Waals surface area (Å²) in [5, 5.41) is 2.76. The summed E-state index contributed by atoms with van der Waals surface area (Å²) >= 11 is 0. The van der Waals surface area contributed by atoms with Crippen molar-refractivity contribution < 1.29 is 25.9 Å². The summed E-state index contributed by atoms with van der Waals surface area (Å²) in [6.07, 6.45) is 2.70. The number of rotatable bonds is 5. The Bertz CT molecular complexity index is 1040. The Morgan fingerprint density at radius 3 is 1.80 bits per heavy atom. The van der Waals surface area contributed by atoms with E-state index in [1.165, 1.54) is 36.4 Å². The van der Waals surface area contributed by atoms with Gasteiger partial charge >= 0.3 is 0 Å². The van der Waals surface area contributed by atoms with E-state index in [4.69, 9.17) is 0 Å². The molecule has 0 spiro atoms. The van der Waals surface area contributed by atoms with Gasteiger partial charge in [0, 0.05) is 12.7 Å². The van der Waals surface area contributed by atoms with Gasteiger partial charge in [-0.2, -0.15) is 16.8 Å². The molecule has 2 rings (SSSR count). The summed E-state index contributed by atoms with van der Waals surface area (Å²) in [6, 6.07) is 8.78. The molecule has 0 heterocycles. The van der Waals surface area contributed by atoms with Crippen molar-refractivity contribution in [2.45, 2.75) is 16.7 Å². The van der Waals surface area contributed by atoms with E-state index in [9.17, 15) is 25.9 Å². The molecule has 2 aromatic rings. The molecule has 134 valence electrons. The number of benzene rings is 2. The second-order valence-electron chi connectivity index (χ2n) is 5.33. The van der Waals surface area contributed by atoms with Gasteiger partial charge < -0.3 is 5.32 Å². The van der Waals surface area contributed by atoms with Crippen LogP contribution in [-0.2, 0) is 20.2 Å². The molecule has 0 saturated heterocycles. The van der Waals surface area contributed by atoms with Gasteiger partial charge in [0.25, 0.3) is 20.2 Å². The van der Waals surface area contributed by atoms with Crippen molar-refractivity contribution in [3.8, 4) is 0 Å². The maximum absolute atomic E-state index is 11.6. The maximum Gasteiger partial charge on any atom is 0.295 e. The summed E-state index contributed by atoms with van der Waals surface area (Å²) in [6.45, 7) is 1.68. The van der Waals surface area contributed by atoms with E-state index in [1.54, 1.807) is 26.1 Å². The van der Waals surface area contributed by atoms with E-state index >= 15 is 0 Å². The molecule has 0 bridgehead atoms. The Kier molecular flexibility index (Phi) is 5.33. The van der Waals surface area contributed by atoms with Gasteiger partial charge in [0.2, 0.25) is 0 Å². The van der Waals surface area contributed by atoms with E-state index in [0.717, 1.165) is 0 Å². The topological polar surface area (TPSA) is 121 Å². The number of nitrogens with one attached hydrogen (secondary N) is 1. The Balaban J connectivity index is 2.58. The molecule has 0 aromatic heterocycles. The average Bonchev–Trinajstić information content (AvgIpc) is 2.51. The molecule has 0 radical (unpaired) electrons. The lowest BCUT2D eigenvalue weighted by molar-refractivity contribution is 0.480. The lowest BCUT2D eigenvalue weighted by Crippen LogP contribution is -2.03. The van der Waals surface area contributed by atoms with Gasteiger partial charge in [-0.3, -0.25) is 9.11 Å². The molecule has 9 heteroatoms. The van der Waals surface area contributed by atoms with Gasteiger partial charge in [0.15, 0.2) is 0 Å². The monoisotopic (exact) mass is 383 g/mol. The van der Waals surface area contributed by atoms with Crippen LogP contribution in [-0.4, -0.2) is 33.0 Å². The Morgan fingerprint density at radius 2 is 1.32 bits per heavy atom. The van der Waals surface area contributed by atoms with Gasteiger partial charge in [0.1, 0.15) is 9.79 Å². The summed E-state index contributed by atoms with van der Waals surface area (Å²) < 4.78 is 64.9. The first-order valence-electron chi connectivity index (χ1n) is 7.08. The van der Waals surface area contributed by atoms with E-state index in [2.05, 4.69) is 5.32 Å². The van der Waals surface area contributed by atoms with Crippen LogP contribution >= 0.6 is 0 Å². The van der Waals surface area contributed by atoms with Crippen LogP contribution in [0.15, 0.2) is 46.2 Å². The first-order chi connectivity index (χ1) is 11.5. The molecule has 0 aliphatic heterocycles. The molecule has 0 atom stereocenters. The van der Waals surface area contributed by atoms with Crippen molar-refractivity contribution in [2.24, 2.45) is 0 Å². The Labute approximate surface area is 146 Å². The molecule has 3 N–H and O–H groups in total. The molecule has 0 saturated carbocycles. The van der Waals surface area contributed by atoms with Crippen molar-refractivity contribution in [2.75, 3.05) is 12.4 Å². The minimum atomic E-state index is -4.47. The molecule has 0 aliphatic rings. The highest BCUT2D eigenvalue weighted by atomic mass is 32.2. The number of hydrogen-bond donors (Lipinski definition) is 3. The minimum Gasteiger partial charge on any atom is -0.388 e. The van der Waals surface area contributed by atoms with Crippen LogP contribution in [0.3, 0.4) is 0 Å². The maximum atomic E-state index is 11.6. The van der Waals surface area contributed by atoms with Crippen molar-refractivity contribution in [1.82, 2.24) is 0 Å². The third-order valence-electron chi connectivity index (χ3n) is 3.47. The molecular formula is C16H17NO6S2. The Hall–Kier alpha value is -2.20. The highest BCUT2D eigenvalue weighted by molar-refractivity contribution is 7.86. The zero-order valence-corrected chi connectivity index (χ0v) is 15.1. The molecule has 0 fully saturated rings. The van der Waals surface area contributed by atoms with Crippen molar-refractivity contribution in [3.05, 3.63) is 53.1 Å². The second kappa shape index (κ2) is 6.96. The lowest BCUT2D eigenvalue weighted by Gasteiger charge is -2.07. The van der Waals surface area contributed by atoms with Crippen molar-refractivity contribution in [3.63, 3.8) is 0 Å². The van der Waals surface area contributed by atoms with Crippen molar-refractivity contribution >= 4 is 38.1 Å². The number of aryl methyl sites for hydroxylation is 1. The largest absolute Gasteiger partial charge is 0.388 e. The average molecular weight is 383 g/mol. The zero-order valence-electron chi connectivity index (χ0n) is 13.5. The molecule has 25 heavy (non-hydrogen) atoms. The summed E-state index contributed by atoms with van der Waals surface area (Å²) in [4.78, 5) is -0.611.